The van der Waals surface area contributed by atoms with Crippen molar-refractivity contribution in [3.63, 3.8) is 0 Å². The minimum absolute atomic E-state index is 0.127. The lowest BCUT2D eigenvalue weighted by atomic mass is 10.1. The van der Waals surface area contributed by atoms with E-state index in [9.17, 15) is 4.79 Å². The highest BCUT2D eigenvalue weighted by Crippen LogP contribution is 2.20. The van der Waals surface area contributed by atoms with Crippen LogP contribution in [0.25, 0.3) is 0 Å². The molecular weight excluding hydrogens is 254 g/mol. The fourth-order valence-electron chi connectivity index (χ4n) is 2.23. The SMILES string of the molecule is Cc1nc(NCc2ccccn2)c2c(n1)C(=O)NCC2. The lowest BCUT2D eigenvalue weighted by molar-refractivity contribution is 0.0940. The van der Waals surface area contributed by atoms with Crippen molar-refractivity contribution in [3.8, 4) is 0 Å². The summed E-state index contributed by atoms with van der Waals surface area (Å²) in [4.78, 5) is 24.7. The topological polar surface area (TPSA) is 79.8 Å². The van der Waals surface area contributed by atoms with Crippen molar-refractivity contribution in [2.24, 2.45) is 0 Å². The molecule has 2 aromatic heterocycles. The Morgan fingerprint density at radius 1 is 1.35 bits per heavy atom. The molecule has 1 aliphatic heterocycles. The van der Waals surface area contributed by atoms with E-state index in [0.717, 1.165) is 23.5 Å². The third-order valence-electron chi connectivity index (χ3n) is 3.16. The van der Waals surface area contributed by atoms with Gasteiger partial charge in [0.1, 0.15) is 17.3 Å². The Labute approximate surface area is 116 Å². The molecule has 3 rings (SSSR count). The molecule has 6 nitrogen and oxygen atoms in total. The van der Waals surface area contributed by atoms with Crippen LogP contribution in [-0.2, 0) is 13.0 Å². The fraction of sp³-hybridized carbons (Fsp3) is 0.286. The van der Waals surface area contributed by atoms with Crippen molar-refractivity contribution in [2.45, 2.75) is 19.9 Å². The highest BCUT2D eigenvalue weighted by molar-refractivity contribution is 5.95. The molecule has 0 aromatic carbocycles. The summed E-state index contributed by atoms with van der Waals surface area (Å²) >= 11 is 0. The molecule has 1 aliphatic rings. The summed E-state index contributed by atoms with van der Waals surface area (Å²) in [6, 6.07) is 5.77. The number of hydrogen-bond donors (Lipinski definition) is 2. The fourth-order valence-corrected chi connectivity index (χ4v) is 2.23. The Kier molecular flexibility index (Phi) is 3.28. The molecule has 0 fully saturated rings. The van der Waals surface area contributed by atoms with Crippen molar-refractivity contribution in [2.75, 3.05) is 11.9 Å². The molecule has 2 aromatic rings. The molecule has 0 aliphatic carbocycles. The number of rotatable bonds is 3. The summed E-state index contributed by atoms with van der Waals surface area (Å²) in [6.07, 6.45) is 2.50. The van der Waals surface area contributed by atoms with Gasteiger partial charge in [0.05, 0.1) is 12.2 Å². The Balaban J connectivity index is 1.88. The van der Waals surface area contributed by atoms with Crippen LogP contribution in [-0.4, -0.2) is 27.4 Å². The van der Waals surface area contributed by atoms with Crippen LogP contribution >= 0.6 is 0 Å². The van der Waals surface area contributed by atoms with Gasteiger partial charge < -0.3 is 10.6 Å². The van der Waals surface area contributed by atoms with E-state index in [-0.39, 0.29) is 5.91 Å². The number of carbonyl (C=O) groups excluding carboxylic acids is 1. The van der Waals surface area contributed by atoms with Crippen LogP contribution in [0, 0.1) is 6.92 Å². The first-order valence-corrected chi connectivity index (χ1v) is 6.53. The number of carbonyl (C=O) groups is 1. The number of hydrogen-bond acceptors (Lipinski definition) is 5. The number of aryl methyl sites for hydroxylation is 1. The number of anilines is 1. The van der Waals surface area contributed by atoms with Gasteiger partial charge in [0.25, 0.3) is 5.91 Å². The number of amides is 1. The van der Waals surface area contributed by atoms with Gasteiger partial charge in [0.15, 0.2) is 0 Å². The monoisotopic (exact) mass is 269 g/mol. The zero-order valence-electron chi connectivity index (χ0n) is 11.2. The molecule has 0 bridgehead atoms. The third-order valence-corrected chi connectivity index (χ3v) is 3.16. The molecule has 0 spiro atoms. The predicted molar refractivity (Wildman–Crippen MR) is 74.4 cm³/mol. The van der Waals surface area contributed by atoms with Crippen molar-refractivity contribution in [1.82, 2.24) is 20.3 Å². The van der Waals surface area contributed by atoms with Crippen LogP contribution < -0.4 is 10.6 Å². The Morgan fingerprint density at radius 3 is 3.05 bits per heavy atom. The van der Waals surface area contributed by atoms with Gasteiger partial charge in [0.2, 0.25) is 0 Å². The molecule has 0 radical (unpaired) electrons. The standard InChI is InChI=1S/C14H15N5O/c1-9-18-12-11(5-7-16-14(12)20)13(19-9)17-8-10-4-2-3-6-15-10/h2-4,6H,5,7-8H2,1H3,(H,16,20)(H,17,18,19). The van der Waals surface area contributed by atoms with Crippen LogP contribution in [0.4, 0.5) is 5.82 Å². The summed E-state index contributed by atoms with van der Waals surface area (Å²) in [5, 5.41) is 6.05. The van der Waals surface area contributed by atoms with Crippen molar-refractivity contribution in [3.05, 3.63) is 47.2 Å². The second kappa shape index (κ2) is 5.24. The van der Waals surface area contributed by atoms with E-state index in [1.165, 1.54) is 0 Å². The maximum Gasteiger partial charge on any atom is 0.270 e. The van der Waals surface area contributed by atoms with Gasteiger partial charge >= 0.3 is 0 Å². The van der Waals surface area contributed by atoms with Gasteiger partial charge in [0, 0.05) is 18.3 Å². The maximum absolute atomic E-state index is 11.8. The second-order valence-electron chi connectivity index (χ2n) is 4.63. The molecule has 6 heteroatoms. The van der Waals surface area contributed by atoms with Gasteiger partial charge in [-0.2, -0.15) is 0 Å². The van der Waals surface area contributed by atoms with Gasteiger partial charge in [-0.25, -0.2) is 9.97 Å². The smallest absolute Gasteiger partial charge is 0.270 e. The van der Waals surface area contributed by atoms with Crippen molar-refractivity contribution >= 4 is 11.7 Å². The number of nitrogens with one attached hydrogen (secondary N) is 2. The first-order valence-electron chi connectivity index (χ1n) is 6.53. The quantitative estimate of drug-likeness (QED) is 0.871. The Morgan fingerprint density at radius 2 is 2.25 bits per heavy atom. The number of pyridine rings is 1. The second-order valence-corrected chi connectivity index (χ2v) is 4.63. The highest BCUT2D eigenvalue weighted by Gasteiger charge is 2.22. The summed E-state index contributed by atoms with van der Waals surface area (Å²) in [6.45, 7) is 2.98. The van der Waals surface area contributed by atoms with Crippen LogP contribution in [0.1, 0.15) is 27.6 Å². The van der Waals surface area contributed by atoms with E-state index in [1.807, 2.05) is 18.2 Å². The molecule has 1 amide bonds. The molecule has 102 valence electrons. The van der Waals surface area contributed by atoms with Crippen LogP contribution in [0.3, 0.4) is 0 Å². The summed E-state index contributed by atoms with van der Waals surface area (Å²) in [7, 11) is 0. The van der Waals surface area contributed by atoms with E-state index in [0.29, 0.717) is 24.6 Å². The predicted octanol–water partition coefficient (Wildman–Crippen LogP) is 1.08. The third kappa shape index (κ3) is 2.45. The number of nitrogens with zero attached hydrogens (tertiary/aromatic N) is 3. The Bertz CT molecular complexity index is 642. The molecule has 2 N–H and O–H groups in total. The molecule has 0 atom stereocenters. The molecule has 0 saturated heterocycles. The van der Waals surface area contributed by atoms with Gasteiger partial charge in [-0.05, 0) is 25.5 Å². The highest BCUT2D eigenvalue weighted by atomic mass is 16.1. The average Bonchev–Trinajstić information content (AvgIpc) is 2.47. The number of fused-ring (bicyclic) bond motifs is 1. The normalized spacial score (nSPS) is 13.6. The van der Waals surface area contributed by atoms with Crippen LogP contribution in [0.5, 0.6) is 0 Å². The molecular formula is C14H15N5O. The van der Waals surface area contributed by atoms with Gasteiger partial charge in [-0.3, -0.25) is 9.78 Å². The zero-order valence-corrected chi connectivity index (χ0v) is 11.2. The first-order chi connectivity index (χ1) is 9.74. The summed E-state index contributed by atoms with van der Waals surface area (Å²) < 4.78 is 0. The largest absolute Gasteiger partial charge is 0.364 e. The van der Waals surface area contributed by atoms with E-state index in [1.54, 1.807) is 13.1 Å². The average molecular weight is 269 g/mol. The van der Waals surface area contributed by atoms with Gasteiger partial charge in [-0.1, -0.05) is 6.07 Å². The number of aromatic nitrogens is 3. The Hall–Kier alpha value is -2.50. The lowest BCUT2D eigenvalue weighted by Crippen LogP contribution is -2.34. The van der Waals surface area contributed by atoms with Gasteiger partial charge in [-0.15, -0.1) is 0 Å². The lowest BCUT2D eigenvalue weighted by Gasteiger charge is -2.19. The minimum Gasteiger partial charge on any atom is -0.364 e. The van der Waals surface area contributed by atoms with Crippen molar-refractivity contribution in [1.29, 1.82) is 0 Å². The van der Waals surface area contributed by atoms with E-state index < -0.39 is 0 Å². The van der Waals surface area contributed by atoms with Crippen LogP contribution in [0.2, 0.25) is 0 Å². The van der Waals surface area contributed by atoms with E-state index in [2.05, 4.69) is 25.6 Å². The minimum atomic E-state index is -0.127. The van der Waals surface area contributed by atoms with E-state index in [4.69, 9.17) is 0 Å². The zero-order chi connectivity index (χ0) is 13.9. The molecule has 20 heavy (non-hydrogen) atoms. The first kappa shape index (κ1) is 12.5. The van der Waals surface area contributed by atoms with E-state index >= 15 is 0 Å². The maximum atomic E-state index is 11.8. The molecule has 3 heterocycles. The molecule has 0 unspecified atom stereocenters. The summed E-state index contributed by atoms with van der Waals surface area (Å²) in [5.74, 6) is 1.19. The molecule has 0 saturated carbocycles. The van der Waals surface area contributed by atoms with Crippen LogP contribution in [0.15, 0.2) is 24.4 Å². The summed E-state index contributed by atoms with van der Waals surface area (Å²) in [5.41, 5.74) is 2.29. The van der Waals surface area contributed by atoms with Crippen molar-refractivity contribution < 1.29 is 4.79 Å².